The standard InChI is InChI=1S/C18H18N2O3/c1-11-4-6-15(8-12(11)2)22-10-18(21)20-14-5-7-17-16(9-14)19-13(3)23-17/h4-9H,10H2,1-3H3,(H,20,21). The molecule has 0 spiro atoms. The number of aromatic nitrogens is 1. The number of benzene rings is 2. The van der Waals surface area contributed by atoms with Crippen LogP contribution in [0, 0.1) is 20.8 Å². The summed E-state index contributed by atoms with van der Waals surface area (Å²) in [5.41, 5.74) is 4.41. The molecule has 0 aliphatic heterocycles. The van der Waals surface area contributed by atoms with Gasteiger partial charge in [-0.2, -0.15) is 0 Å². The Morgan fingerprint density at radius 2 is 1.96 bits per heavy atom. The summed E-state index contributed by atoms with van der Waals surface area (Å²) in [5, 5.41) is 2.79. The van der Waals surface area contributed by atoms with Crippen molar-refractivity contribution in [2.75, 3.05) is 11.9 Å². The molecule has 118 valence electrons. The number of carbonyl (C=O) groups is 1. The highest BCUT2D eigenvalue weighted by Gasteiger charge is 2.07. The van der Waals surface area contributed by atoms with Crippen LogP contribution in [-0.2, 0) is 4.79 Å². The lowest BCUT2D eigenvalue weighted by Crippen LogP contribution is -2.20. The SMILES string of the molecule is Cc1nc2cc(NC(=O)COc3ccc(C)c(C)c3)ccc2o1. The Labute approximate surface area is 134 Å². The summed E-state index contributed by atoms with van der Waals surface area (Å²) in [6.07, 6.45) is 0. The monoisotopic (exact) mass is 310 g/mol. The number of oxazole rings is 1. The van der Waals surface area contributed by atoms with Gasteiger partial charge in [-0.1, -0.05) is 6.07 Å². The third-order valence-electron chi connectivity index (χ3n) is 3.63. The van der Waals surface area contributed by atoms with Crippen LogP contribution in [0.25, 0.3) is 11.1 Å². The molecule has 0 atom stereocenters. The van der Waals surface area contributed by atoms with Crippen molar-refractivity contribution in [3.05, 3.63) is 53.4 Å². The van der Waals surface area contributed by atoms with E-state index in [1.807, 2.05) is 32.0 Å². The van der Waals surface area contributed by atoms with Gasteiger partial charge in [0.05, 0.1) is 0 Å². The van der Waals surface area contributed by atoms with E-state index in [9.17, 15) is 4.79 Å². The van der Waals surface area contributed by atoms with Crippen molar-refractivity contribution in [1.29, 1.82) is 0 Å². The van der Waals surface area contributed by atoms with Gasteiger partial charge in [-0.25, -0.2) is 4.98 Å². The highest BCUT2D eigenvalue weighted by Crippen LogP contribution is 2.20. The summed E-state index contributed by atoms with van der Waals surface area (Å²) >= 11 is 0. The van der Waals surface area contributed by atoms with Gasteiger partial charge < -0.3 is 14.5 Å². The van der Waals surface area contributed by atoms with Gasteiger partial charge in [0.2, 0.25) is 0 Å². The molecule has 5 nitrogen and oxygen atoms in total. The molecule has 0 aliphatic rings. The van der Waals surface area contributed by atoms with E-state index in [4.69, 9.17) is 9.15 Å². The van der Waals surface area contributed by atoms with Gasteiger partial charge in [0.25, 0.3) is 5.91 Å². The Morgan fingerprint density at radius 1 is 1.13 bits per heavy atom. The minimum absolute atomic E-state index is 0.0433. The number of anilines is 1. The van der Waals surface area contributed by atoms with Crippen LogP contribution in [-0.4, -0.2) is 17.5 Å². The van der Waals surface area contributed by atoms with Gasteiger partial charge >= 0.3 is 0 Å². The van der Waals surface area contributed by atoms with Crippen LogP contribution in [0.15, 0.2) is 40.8 Å². The van der Waals surface area contributed by atoms with Crippen molar-refractivity contribution in [2.45, 2.75) is 20.8 Å². The molecule has 0 saturated carbocycles. The normalized spacial score (nSPS) is 10.7. The Balaban J connectivity index is 1.62. The molecule has 23 heavy (non-hydrogen) atoms. The van der Waals surface area contributed by atoms with Crippen LogP contribution in [0.4, 0.5) is 5.69 Å². The number of rotatable bonds is 4. The van der Waals surface area contributed by atoms with Gasteiger partial charge in [0.15, 0.2) is 18.1 Å². The first-order valence-electron chi connectivity index (χ1n) is 7.38. The molecule has 0 radical (unpaired) electrons. The Morgan fingerprint density at radius 3 is 2.74 bits per heavy atom. The zero-order chi connectivity index (χ0) is 16.4. The second-order valence-corrected chi connectivity index (χ2v) is 5.50. The zero-order valence-corrected chi connectivity index (χ0v) is 13.3. The minimum Gasteiger partial charge on any atom is -0.484 e. The Bertz CT molecular complexity index is 868. The molecule has 1 aromatic heterocycles. The highest BCUT2D eigenvalue weighted by molar-refractivity contribution is 5.93. The van der Waals surface area contributed by atoms with Crippen LogP contribution in [0.2, 0.25) is 0 Å². The number of ether oxygens (including phenoxy) is 1. The molecule has 1 N–H and O–H groups in total. The van der Waals surface area contributed by atoms with E-state index in [0.29, 0.717) is 22.9 Å². The molecule has 2 aromatic carbocycles. The fourth-order valence-electron chi connectivity index (χ4n) is 2.27. The third-order valence-corrected chi connectivity index (χ3v) is 3.63. The lowest BCUT2D eigenvalue weighted by molar-refractivity contribution is -0.118. The molecule has 1 heterocycles. The first-order chi connectivity index (χ1) is 11.0. The number of nitrogens with one attached hydrogen (secondary N) is 1. The maximum Gasteiger partial charge on any atom is 0.262 e. The van der Waals surface area contributed by atoms with Crippen molar-refractivity contribution >= 4 is 22.7 Å². The van der Waals surface area contributed by atoms with Crippen LogP contribution in [0.1, 0.15) is 17.0 Å². The Kier molecular flexibility index (Phi) is 4.02. The first-order valence-corrected chi connectivity index (χ1v) is 7.38. The summed E-state index contributed by atoms with van der Waals surface area (Å²) < 4.78 is 10.9. The van der Waals surface area contributed by atoms with Crippen LogP contribution in [0.5, 0.6) is 5.75 Å². The smallest absolute Gasteiger partial charge is 0.262 e. The number of aryl methyl sites for hydroxylation is 3. The van der Waals surface area contributed by atoms with E-state index in [2.05, 4.69) is 10.3 Å². The number of hydrogen-bond acceptors (Lipinski definition) is 4. The van der Waals surface area contributed by atoms with Gasteiger partial charge in [-0.3, -0.25) is 4.79 Å². The molecule has 0 unspecified atom stereocenters. The van der Waals surface area contributed by atoms with Crippen molar-refractivity contribution in [1.82, 2.24) is 4.98 Å². The van der Waals surface area contributed by atoms with Crippen molar-refractivity contribution < 1.29 is 13.9 Å². The van der Waals surface area contributed by atoms with E-state index in [-0.39, 0.29) is 12.5 Å². The lowest BCUT2D eigenvalue weighted by atomic mass is 10.1. The van der Waals surface area contributed by atoms with Gasteiger partial charge in [0.1, 0.15) is 11.3 Å². The summed E-state index contributed by atoms with van der Waals surface area (Å²) in [5.74, 6) is 1.06. The predicted octanol–water partition coefficient (Wildman–Crippen LogP) is 3.77. The van der Waals surface area contributed by atoms with Crippen molar-refractivity contribution in [3.8, 4) is 5.75 Å². The number of carbonyl (C=O) groups excluding carboxylic acids is 1. The van der Waals surface area contributed by atoms with Gasteiger partial charge in [-0.05, 0) is 55.3 Å². The number of hydrogen-bond donors (Lipinski definition) is 1. The lowest BCUT2D eigenvalue weighted by Gasteiger charge is -2.09. The highest BCUT2D eigenvalue weighted by atomic mass is 16.5. The molecule has 0 fully saturated rings. The van der Waals surface area contributed by atoms with Crippen LogP contribution in [0.3, 0.4) is 0 Å². The third kappa shape index (κ3) is 3.51. The summed E-state index contributed by atoms with van der Waals surface area (Å²) in [6, 6.07) is 11.1. The topological polar surface area (TPSA) is 64.4 Å². The number of fused-ring (bicyclic) bond motifs is 1. The predicted molar refractivity (Wildman–Crippen MR) is 88.8 cm³/mol. The van der Waals surface area contributed by atoms with E-state index in [1.165, 1.54) is 5.56 Å². The van der Waals surface area contributed by atoms with Crippen LogP contribution >= 0.6 is 0 Å². The average molecular weight is 310 g/mol. The minimum atomic E-state index is -0.220. The van der Waals surface area contributed by atoms with Crippen molar-refractivity contribution in [2.24, 2.45) is 0 Å². The number of amides is 1. The maximum absolute atomic E-state index is 12.0. The zero-order valence-electron chi connectivity index (χ0n) is 13.3. The molecular weight excluding hydrogens is 292 g/mol. The number of nitrogens with zero attached hydrogens (tertiary/aromatic N) is 1. The van der Waals surface area contributed by atoms with Crippen LogP contribution < -0.4 is 10.1 Å². The molecule has 0 aliphatic carbocycles. The molecule has 0 bridgehead atoms. The van der Waals surface area contributed by atoms with Gasteiger partial charge in [-0.15, -0.1) is 0 Å². The average Bonchev–Trinajstić information content (AvgIpc) is 2.88. The first kappa shape index (κ1) is 15.1. The van der Waals surface area contributed by atoms with E-state index >= 15 is 0 Å². The summed E-state index contributed by atoms with van der Waals surface area (Å²) in [4.78, 5) is 16.2. The molecule has 3 rings (SSSR count). The fourth-order valence-corrected chi connectivity index (χ4v) is 2.27. The van der Waals surface area contributed by atoms with E-state index in [1.54, 1.807) is 25.1 Å². The fraction of sp³-hybridized carbons (Fsp3) is 0.222. The Hall–Kier alpha value is -2.82. The van der Waals surface area contributed by atoms with Gasteiger partial charge in [0, 0.05) is 12.6 Å². The largest absolute Gasteiger partial charge is 0.484 e. The quantitative estimate of drug-likeness (QED) is 0.796. The maximum atomic E-state index is 12.0. The van der Waals surface area contributed by atoms with Crippen molar-refractivity contribution in [3.63, 3.8) is 0 Å². The summed E-state index contributed by atoms with van der Waals surface area (Å²) in [6.45, 7) is 5.79. The van der Waals surface area contributed by atoms with E-state index < -0.39 is 0 Å². The molecule has 0 saturated heterocycles. The molecular formula is C18H18N2O3. The molecule has 3 aromatic rings. The second kappa shape index (κ2) is 6.12. The molecule has 1 amide bonds. The second-order valence-electron chi connectivity index (χ2n) is 5.50. The summed E-state index contributed by atoms with van der Waals surface area (Å²) in [7, 11) is 0. The molecule has 5 heteroatoms. The van der Waals surface area contributed by atoms with E-state index in [0.717, 1.165) is 11.1 Å².